The molecule has 0 spiro atoms. The summed E-state index contributed by atoms with van der Waals surface area (Å²) in [5.74, 6) is -0.916. The number of carbonyl (C=O) groups is 1. The molecule has 1 unspecified atom stereocenters. The van der Waals surface area contributed by atoms with Crippen LogP contribution >= 0.6 is 0 Å². The van der Waals surface area contributed by atoms with Crippen molar-refractivity contribution in [3.63, 3.8) is 0 Å². The Kier molecular flexibility index (Phi) is 23.1. The van der Waals surface area contributed by atoms with Gasteiger partial charge in [0.25, 0.3) is 0 Å². The second-order valence-electron chi connectivity index (χ2n) is 6.36. The standard InChI is InChI=1S/C18H36O3.K/c1-17(19)15-13-11-9-7-5-3-2-4-6-8-10-12-14-16-18(20)21;/h17,19H,2-16H2,1H3,(H,20,21);/q;+1/p-1. The summed E-state index contributed by atoms with van der Waals surface area (Å²) in [5, 5.41) is 19.4. The maximum atomic E-state index is 10.2. The maximum absolute atomic E-state index is 10.2. The largest absolute Gasteiger partial charge is 1.00 e. The Labute approximate surface area is 180 Å². The van der Waals surface area contributed by atoms with Gasteiger partial charge in [0.1, 0.15) is 0 Å². The Bertz CT molecular complexity index is 232. The average molecular weight is 339 g/mol. The van der Waals surface area contributed by atoms with Gasteiger partial charge in [-0.1, -0.05) is 77.0 Å². The van der Waals surface area contributed by atoms with Gasteiger partial charge in [-0.15, -0.1) is 0 Å². The zero-order valence-corrected chi connectivity index (χ0v) is 18.1. The Hall–Kier alpha value is 1.07. The molecule has 0 saturated heterocycles. The van der Waals surface area contributed by atoms with Crippen molar-refractivity contribution < 1.29 is 66.4 Å². The van der Waals surface area contributed by atoms with Gasteiger partial charge in [-0.2, -0.15) is 0 Å². The average Bonchev–Trinajstić information content (AvgIpc) is 2.42. The topological polar surface area (TPSA) is 60.4 Å². The molecule has 3 nitrogen and oxygen atoms in total. The molecule has 0 heterocycles. The number of hydrogen-bond acceptors (Lipinski definition) is 3. The Balaban J connectivity index is 0. The van der Waals surface area contributed by atoms with Gasteiger partial charge in [0.15, 0.2) is 0 Å². The molecule has 1 N–H and O–H groups in total. The summed E-state index contributed by atoms with van der Waals surface area (Å²) in [7, 11) is 0. The van der Waals surface area contributed by atoms with Gasteiger partial charge in [-0.25, -0.2) is 0 Å². The molecule has 0 aliphatic heterocycles. The number of aliphatic carboxylic acids is 1. The second-order valence-corrected chi connectivity index (χ2v) is 6.36. The van der Waals surface area contributed by atoms with Crippen molar-refractivity contribution in [2.24, 2.45) is 0 Å². The summed E-state index contributed by atoms with van der Waals surface area (Å²) in [6.07, 6.45) is 17.0. The van der Waals surface area contributed by atoms with Gasteiger partial charge < -0.3 is 15.0 Å². The predicted octanol–water partition coefficient (Wildman–Crippen LogP) is 0.973. The third-order valence-electron chi connectivity index (χ3n) is 4.00. The van der Waals surface area contributed by atoms with Crippen LogP contribution in [0, 0.1) is 0 Å². The van der Waals surface area contributed by atoms with E-state index in [1.807, 2.05) is 6.92 Å². The molecule has 0 rings (SSSR count). The van der Waals surface area contributed by atoms with E-state index in [1.165, 1.54) is 57.8 Å². The van der Waals surface area contributed by atoms with Gasteiger partial charge in [-0.3, -0.25) is 0 Å². The zero-order chi connectivity index (χ0) is 15.8. The van der Waals surface area contributed by atoms with Crippen molar-refractivity contribution in [1.29, 1.82) is 0 Å². The minimum absolute atomic E-state index is 0. The first-order valence-electron chi connectivity index (χ1n) is 9.01. The fraction of sp³-hybridized carbons (Fsp3) is 0.944. The van der Waals surface area contributed by atoms with E-state index in [2.05, 4.69) is 0 Å². The van der Waals surface area contributed by atoms with Crippen LogP contribution in [0.25, 0.3) is 0 Å². The van der Waals surface area contributed by atoms with Gasteiger partial charge in [-0.05, 0) is 26.2 Å². The van der Waals surface area contributed by atoms with E-state index in [4.69, 9.17) is 5.11 Å². The molecule has 126 valence electrons. The molecule has 0 fully saturated rings. The monoisotopic (exact) mass is 338 g/mol. The molecule has 0 saturated carbocycles. The summed E-state index contributed by atoms with van der Waals surface area (Å²) >= 11 is 0. The van der Waals surface area contributed by atoms with Crippen molar-refractivity contribution >= 4 is 5.97 Å². The first-order chi connectivity index (χ1) is 10.1. The molecular weight excluding hydrogens is 303 g/mol. The van der Waals surface area contributed by atoms with E-state index in [1.54, 1.807) is 0 Å². The SMILES string of the molecule is CC(O)CCCCCCCCCCCCCCCC(=O)[O-].[K+]. The van der Waals surface area contributed by atoms with Crippen LogP contribution < -0.4 is 56.5 Å². The summed E-state index contributed by atoms with van der Waals surface area (Å²) < 4.78 is 0. The van der Waals surface area contributed by atoms with Gasteiger partial charge in [0.05, 0.1) is 6.10 Å². The molecule has 0 aromatic carbocycles. The predicted molar refractivity (Wildman–Crippen MR) is 85.9 cm³/mol. The number of rotatable bonds is 16. The summed E-state index contributed by atoms with van der Waals surface area (Å²) in [6, 6.07) is 0. The molecule has 4 heteroatoms. The third-order valence-corrected chi connectivity index (χ3v) is 4.00. The summed E-state index contributed by atoms with van der Waals surface area (Å²) in [4.78, 5) is 10.2. The molecule has 0 amide bonds. The number of unbranched alkanes of at least 4 members (excludes halogenated alkanes) is 12. The second kappa shape index (κ2) is 20.1. The van der Waals surface area contributed by atoms with Gasteiger partial charge in [0.2, 0.25) is 0 Å². The van der Waals surface area contributed by atoms with Crippen molar-refractivity contribution in [2.75, 3.05) is 0 Å². The molecule has 0 aromatic rings. The number of hydrogen-bond donors (Lipinski definition) is 1. The third kappa shape index (κ3) is 23.3. The van der Waals surface area contributed by atoms with Crippen LogP contribution in [0.1, 0.15) is 103 Å². The van der Waals surface area contributed by atoms with Crippen molar-refractivity contribution in [1.82, 2.24) is 0 Å². The van der Waals surface area contributed by atoms with Crippen LogP contribution in [0.2, 0.25) is 0 Å². The molecule has 0 radical (unpaired) electrons. The van der Waals surface area contributed by atoms with E-state index in [0.29, 0.717) is 0 Å². The van der Waals surface area contributed by atoms with Gasteiger partial charge in [0, 0.05) is 5.97 Å². The Morgan fingerprint density at radius 2 is 1.09 bits per heavy atom. The quantitative estimate of drug-likeness (QED) is 0.337. The molecule has 22 heavy (non-hydrogen) atoms. The first kappa shape index (κ1) is 25.3. The summed E-state index contributed by atoms with van der Waals surface area (Å²) in [6.45, 7) is 1.86. The zero-order valence-electron chi connectivity index (χ0n) is 14.9. The van der Waals surface area contributed by atoms with E-state index >= 15 is 0 Å². The number of carboxylic acid groups (broad SMARTS) is 1. The molecule has 0 aliphatic carbocycles. The smallest absolute Gasteiger partial charge is 0.550 e. The number of carboxylic acids is 1. The Morgan fingerprint density at radius 3 is 1.41 bits per heavy atom. The van der Waals surface area contributed by atoms with Crippen LogP contribution in [-0.4, -0.2) is 17.2 Å². The van der Waals surface area contributed by atoms with Crippen LogP contribution in [-0.2, 0) is 4.79 Å². The van der Waals surface area contributed by atoms with Gasteiger partial charge >= 0.3 is 51.4 Å². The fourth-order valence-electron chi connectivity index (χ4n) is 2.65. The maximum Gasteiger partial charge on any atom is 1.00 e. The Morgan fingerprint density at radius 1 is 0.773 bits per heavy atom. The molecule has 0 aliphatic rings. The number of aliphatic hydroxyl groups is 1. The number of aliphatic hydroxyl groups excluding tert-OH is 1. The minimum atomic E-state index is -0.916. The fourth-order valence-corrected chi connectivity index (χ4v) is 2.65. The van der Waals surface area contributed by atoms with Crippen LogP contribution in [0.5, 0.6) is 0 Å². The van der Waals surface area contributed by atoms with E-state index < -0.39 is 5.97 Å². The van der Waals surface area contributed by atoms with Crippen molar-refractivity contribution in [2.45, 2.75) is 109 Å². The number of carbonyl (C=O) groups excluding carboxylic acids is 1. The summed E-state index contributed by atoms with van der Waals surface area (Å²) in [5.41, 5.74) is 0. The first-order valence-corrected chi connectivity index (χ1v) is 9.01. The molecule has 1 atom stereocenters. The molecule has 0 bridgehead atoms. The van der Waals surface area contributed by atoms with Crippen molar-refractivity contribution in [3.8, 4) is 0 Å². The van der Waals surface area contributed by atoms with E-state index in [0.717, 1.165) is 32.1 Å². The van der Waals surface area contributed by atoms with Crippen LogP contribution in [0.3, 0.4) is 0 Å². The van der Waals surface area contributed by atoms with Crippen LogP contribution in [0.15, 0.2) is 0 Å². The van der Waals surface area contributed by atoms with Crippen molar-refractivity contribution in [3.05, 3.63) is 0 Å². The molecular formula is C18H35KO3. The van der Waals surface area contributed by atoms with Crippen LogP contribution in [0.4, 0.5) is 0 Å². The van der Waals surface area contributed by atoms with E-state index in [-0.39, 0.29) is 63.9 Å². The minimum Gasteiger partial charge on any atom is -0.550 e. The molecule has 0 aromatic heterocycles. The normalized spacial score (nSPS) is 11.9. The van der Waals surface area contributed by atoms with E-state index in [9.17, 15) is 9.90 Å².